The van der Waals surface area contributed by atoms with Crippen LogP contribution in [-0.2, 0) is 6.54 Å². The summed E-state index contributed by atoms with van der Waals surface area (Å²) in [5.74, 6) is 0. The summed E-state index contributed by atoms with van der Waals surface area (Å²) in [4.78, 5) is 4.12. The lowest BCUT2D eigenvalue weighted by atomic mass is 10.1. The van der Waals surface area contributed by atoms with Crippen LogP contribution in [0.5, 0.6) is 0 Å². The average Bonchev–Trinajstić information content (AvgIpc) is 3.09. The lowest BCUT2D eigenvalue weighted by Gasteiger charge is -2.12. The van der Waals surface area contributed by atoms with Gasteiger partial charge in [-0.1, -0.05) is 0 Å². The third-order valence-electron chi connectivity index (χ3n) is 3.78. The van der Waals surface area contributed by atoms with E-state index in [1.807, 2.05) is 24.5 Å². The van der Waals surface area contributed by atoms with Crippen molar-refractivity contribution < 1.29 is 5.11 Å². The summed E-state index contributed by atoms with van der Waals surface area (Å²) in [6.07, 6.45) is 7.67. The highest BCUT2D eigenvalue weighted by atomic mass is 16.3. The molecule has 19 heavy (non-hydrogen) atoms. The third kappa shape index (κ3) is 2.67. The molecule has 0 amide bonds. The molecule has 1 saturated carbocycles. The van der Waals surface area contributed by atoms with E-state index in [-0.39, 0.29) is 12.0 Å². The fraction of sp³-hybridized carbons (Fsp3) is 0.429. The topological polar surface area (TPSA) is 73.8 Å². The molecule has 0 unspecified atom stereocenters. The zero-order valence-electron chi connectivity index (χ0n) is 10.8. The predicted molar refractivity (Wildman–Crippen MR) is 72.3 cm³/mol. The van der Waals surface area contributed by atoms with Crippen molar-refractivity contribution in [2.45, 2.75) is 19.4 Å². The van der Waals surface area contributed by atoms with Gasteiger partial charge in [-0.15, -0.1) is 0 Å². The Hall–Kier alpha value is -1.72. The summed E-state index contributed by atoms with van der Waals surface area (Å²) in [5.41, 5.74) is 3.31. The van der Waals surface area contributed by atoms with Gasteiger partial charge in [-0.3, -0.25) is 10.1 Å². The number of hydrogen-bond acceptors (Lipinski definition) is 4. The van der Waals surface area contributed by atoms with Crippen molar-refractivity contribution >= 4 is 0 Å². The van der Waals surface area contributed by atoms with Gasteiger partial charge in [0.1, 0.15) is 0 Å². The number of hydrogen-bond donors (Lipinski definition) is 3. The second-order valence-electron chi connectivity index (χ2n) is 5.27. The maximum atomic E-state index is 9.28. The summed E-state index contributed by atoms with van der Waals surface area (Å²) >= 11 is 0. The number of rotatable bonds is 6. The van der Waals surface area contributed by atoms with Crippen LogP contribution in [0.2, 0.25) is 0 Å². The molecule has 0 bridgehead atoms. The second kappa shape index (κ2) is 5.11. The number of nitrogens with one attached hydrogen (secondary N) is 2. The van der Waals surface area contributed by atoms with Crippen molar-refractivity contribution in [1.82, 2.24) is 20.5 Å². The molecule has 0 atom stereocenters. The lowest BCUT2D eigenvalue weighted by Crippen LogP contribution is -2.26. The molecule has 1 aliphatic carbocycles. The van der Waals surface area contributed by atoms with Gasteiger partial charge in [-0.05, 0) is 25.0 Å². The van der Waals surface area contributed by atoms with E-state index in [1.165, 1.54) is 0 Å². The molecule has 3 N–H and O–H groups in total. The normalized spacial score (nSPS) is 16.5. The first-order chi connectivity index (χ1) is 9.33. The zero-order valence-corrected chi connectivity index (χ0v) is 10.8. The Morgan fingerprint density at radius 3 is 2.95 bits per heavy atom. The predicted octanol–water partition coefficient (Wildman–Crippen LogP) is 1.33. The summed E-state index contributed by atoms with van der Waals surface area (Å²) < 4.78 is 0. The van der Waals surface area contributed by atoms with Crippen LogP contribution in [0, 0.1) is 5.41 Å². The Kier molecular flexibility index (Phi) is 3.31. The average molecular weight is 258 g/mol. The number of aromatic nitrogens is 3. The number of aliphatic hydroxyl groups excluding tert-OH is 1. The Labute approximate surface area is 112 Å². The number of aliphatic hydroxyl groups is 1. The first-order valence-electron chi connectivity index (χ1n) is 6.57. The Bertz CT molecular complexity index is 533. The highest BCUT2D eigenvalue weighted by Gasteiger charge is 2.41. The number of pyridine rings is 1. The van der Waals surface area contributed by atoms with Crippen LogP contribution < -0.4 is 5.32 Å². The fourth-order valence-corrected chi connectivity index (χ4v) is 2.24. The summed E-state index contributed by atoms with van der Waals surface area (Å²) in [6, 6.07) is 3.93. The minimum absolute atomic E-state index is 0.137. The minimum atomic E-state index is 0.137. The quantitative estimate of drug-likeness (QED) is 0.731. The third-order valence-corrected chi connectivity index (χ3v) is 3.78. The summed E-state index contributed by atoms with van der Waals surface area (Å²) in [5, 5.41) is 19.8. The molecule has 2 aromatic heterocycles. The van der Waals surface area contributed by atoms with Crippen molar-refractivity contribution in [3.05, 3.63) is 36.3 Å². The summed E-state index contributed by atoms with van der Waals surface area (Å²) in [7, 11) is 0. The van der Waals surface area contributed by atoms with E-state index in [4.69, 9.17) is 0 Å². The van der Waals surface area contributed by atoms with E-state index in [0.29, 0.717) is 0 Å². The van der Waals surface area contributed by atoms with Crippen molar-refractivity contribution in [1.29, 1.82) is 0 Å². The molecule has 3 rings (SSSR count). The molecule has 100 valence electrons. The molecule has 0 saturated heterocycles. The Morgan fingerprint density at radius 1 is 1.37 bits per heavy atom. The van der Waals surface area contributed by atoms with Gasteiger partial charge in [0.05, 0.1) is 11.9 Å². The maximum Gasteiger partial charge on any atom is 0.0710 e. The zero-order chi connectivity index (χ0) is 13.1. The largest absolute Gasteiger partial charge is 0.396 e. The van der Waals surface area contributed by atoms with Crippen LogP contribution in [0.15, 0.2) is 30.7 Å². The fourth-order valence-electron chi connectivity index (χ4n) is 2.24. The highest BCUT2D eigenvalue weighted by Crippen LogP contribution is 2.44. The number of nitrogens with zero attached hydrogens (tertiary/aromatic N) is 2. The monoisotopic (exact) mass is 258 g/mol. The van der Waals surface area contributed by atoms with Gasteiger partial charge in [0.25, 0.3) is 0 Å². The van der Waals surface area contributed by atoms with Crippen LogP contribution >= 0.6 is 0 Å². The van der Waals surface area contributed by atoms with Gasteiger partial charge >= 0.3 is 0 Å². The molecule has 2 aromatic rings. The lowest BCUT2D eigenvalue weighted by molar-refractivity contribution is 0.207. The molecule has 1 fully saturated rings. The van der Waals surface area contributed by atoms with Gasteiger partial charge in [-0.2, -0.15) is 5.10 Å². The smallest absolute Gasteiger partial charge is 0.0710 e. The van der Waals surface area contributed by atoms with Gasteiger partial charge in [0.15, 0.2) is 0 Å². The molecular formula is C14H18N4O. The van der Waals surface area contributed by atoms with Gasteiger partial charge in [0, 0.05) is 48.6 Å². The number of aromatic amines is 1. The van der Waals surface area contributed by atoms with Crippen molar-refractivity contribution in [3.8, 4) is 11.3 Å². The van der Waals surface area contributed by atoms with Crippen molar-refractivity contribution in [2.75, 3.05) is 13.2 Å². The van der Waals surface area contributed by atoms with Crippen LogP contribution in [0.3, 0.4) is 0 Å². The molecule has 2 heterocycles. The standard InChI is InChI=1S/C14H18N4O/c19-10-14(3-4-14)9-16-7-12-8-17-18-13(12)11-2-1-5-15-6-11/h1-2,5-6,8,16,19H,3-4,7,9-10H2,(H,17,18). The van der Waals surface area contributed by atoms with Gasteiger partial charge in [-0.25, -0.2) is 0 Å². The Morgan fingerprint density at radius 2 is 2.26 bits per heavy atom. The minimum Gasteiger partial charge on any atom is -0.396 e. The van der Waals surface area contributed by atoms with E-state index in [9.17, 15) is 5.11 Å². The molecule has 0 spiro atoms. The second-order valence-corrected chi connectivity index (χ2v) is 5.27. The van der Waals surface area contributed by atoms with E-state index < -0.39 is 0 Å². The molecule has 0 aromatic carbocycles. The highest BCUT2D eigenvalue weighted by molar-refractivity contribution is 5.61. The SMILES string of the molecule is OCC1(CNCc2cn[nH]c2-c2cccnc2)CC1. The molecule has 5 nitrogen and oxygen atoms in total. The molecule has 0 aliphatic heterocycles. The van der Waals surface area contributed by atoms with E-state index in [0.717, 1.165) is 42.8 Å². The van der Waals surface area contributed by atoms with E-state index in [1.54, 1.807) is 6.20 Å². The van der Waals surface area contributed by atoms with Gasteiger partial charge < -0.3 is 10.4 Å². The van der Waals surface area contributed by atoms with Crippen LogP contribution in [-0.4, -0.2) is 33.4 Å². The van der Waals surface area contributed by atoms with E-state index in [2.05, 4.69) is 20.5 Å². The van der Waals surface area contributed by atoms with Crippen LogP contribution in [0.4, 0.5) is 0 Å². The summed E-state index contributed by atoms with van der Waals surface area (Å²) in [6.45, 7) is 1.89. The van der Waals surface area contributed by atoms with Gasteiger partial charge in [0.2, 0.25) is 0 Å². The Balaban J connectivity index is 1.64. The number of H-pyrrole nitrogens is 1. The van der Waals surface area contributed by atoms with Crippen molar-refractivity contribution in [3.63, 3.8) is 0 Å². The molecule has 5 heteroatoms. The first-order valence-corrected chi connectivity index (χ1v) is 6.57. The van der Waals surface area contributed by atoms with Crippen LogP contribution in [0.25, 0.3) is 11.3 Å². The maximum absolute atomic E-state index is 9.28. The van der Waals surface area contributed by atoms with Crippen molar-refractivity contribution in [2.24, 2.45) is 5.41 Å². The molecule has 1 aliphatic rings. The van der Waals surface area contributed by atoms with Crippen LogP contribution in [0.1, 0.15) is 18.4 Å². The molecular weight excluding hydrogens is 240 g/mol. The van der Waals surface area contributed by atoms with E-state index >= 15 is 0 Å². The molecule has 0 radical (unpaired) electrons. The first kappa shape index (κ1) is 12.3.